The van der Waals surface area contributed by atoms with E-state index in [1.807, 2.05) is 0 Å². The lowest BCUT2D eigenvalue weighted by molar-refractivity contribution is -0.191. The molecule has 2 rings (SSSR count). The zero-order chi connectivity index (χ0) is 11.8. The summed E-state index contributed by atoms with van der Waals surface area (Å²) >= 11 is 0. The van der Waals surface area contributed by atoms with Crippen LogP contribution in [0, 0.1) is 0 Å². The molecule has 16 heavy (non-hydrogen) atoms. The third-order valence-electron chi connectivity index (χ3n) is 4.13. The standard InChI is InChI=1S/C11H19F3N2/c1-9(11(12,13)14)16-8-2-3-10(16)4-6-15-7-5-10/h9,15H,2-8H2,1H3. The highest BCUT2D eigenvalue weighted by atomic mass is 19.4. The molecule has 5 heteroatoms. The molecule has 0 aromatic rings. The average Bonchev–Trinajstić information content (AvgIpc) is 2.60. The summed E-state index contributed by atoms with van der Waals surface area (Å²) in [5, 5.41) is 3.23. The van der Waals surface area contributed by atoms with Crippen LogP contribution in [-0.2, 0) is 0 Å². The van der Waals surface area contributed by atoms with Crippen LogP contribution in [0.3, 0.4) is 0 Å². The molecule has 0 aliphatic carbocycles. The summed E-state index contributed by atoms with van der Waals surface area (Å²) < 4.78 is 38.3. The van der Waals surface area contributed by atoms with Crippen molar-refractivity contribution in [1.82, 2.24) is 10.2 Å². The van der Waals surface area contributed by atoms with E-state index >= 15 is 0 Å². The molecule has 2 nitrogen and oxygen atoms in total. The minimum absolute atomic E-state index is 0.180. The largest absolute Gasteiger partial charge is 0.403 e. The summed E-state index contributed by atoms with van der Waals surface area (Å²) in [6.45, 7) is 3.60. The summed E-state index contributed by atoms with van der Waals surface area (Å²) in [6.07, 6.45) is -0.557. The number of likely N-dealkylation sites (tertiary alicyclic amines) is 1. The Morgan fingerprint density at radius 3 is 2.38 bits per heavy atom. The van der Waals surface area contributed by atoms with Crippen LogP contribution in [0.4, 0.5) is 13.2 Å². The number of hydrogen-bond donors (Lipinski definition) is 1. The molecule has 2 heterocycles. The molecule has 2 aliphatic rings. The third kappa shape index (κ3) is 2.07. The molecule has 1 spiro atoms. The molecular weight excluding hydrogens is 217 g/mol. The number of hydrogen-bond acceptors (Lipinski definition) is 2. The zero-order valence-electron chi connectivity index (χ0n) is 9.61. The Balaban J connectivity index is 2.13. The first-order valence-electron chi connectivity index (χ1n) is 6.00. The van der Waals surface area contributed by atoms with Crippen LogP contribution in [0.25, 0.3) is 0 Å². The number of alkyl halides is 3. The second-order valence-electron chi connectivity index (χ2n) is 4.99. The molecule has 0 bridgehead atoms. The van der Waals surface area contributed by atoms with Gasteiger partial charge >= 0.3 is 6.18 Å². The maximum absolute atomic E-state index is 12.8. The van der Waals surface area contributed by atoms with E-state index in [1.165, 1.54) is 6.92 Å². The number of piperidine rings is 1. The fourth-order valence-electron chi connectivity index (χ4n) is 3.17. The van der Waals surface area contributed by atoms with Gasteiger partial charge in [0.2, 0.25) is 0 Å². The average molecular weight is 236 g/mol. The van der Waals surface area contributed by atoms with Crippen LogP contribution < -0.4 is 5.32 Å². The maximum Gasteiger partial charge on any atom is 0.403 e. The summed E-state index contributed by atoms with van der Waals surface area (Å²) in [6, 6.07) is -1.30. The van der Waals surface area contributed by atoms with Crippen molar-refractivity contribution in [2.45, 2.75) is 50.4 Å². The van der Waals surface area contributed by atoms with Crippen molar-refractivity contribution in [3.05, 3.63) is 0 Å². The van der Waals surface area contributed by atoms with Crippen LogP contribution in [0.2, 0.25) is 0 Å². The Morgan fingerprint density at radius 1 is 1.19 bits per heavy atom. The van der Waals surface area contributed by atoms with E-state index in [0.717, 1.165) is 38.8 Å². The van der Waals surface area contributed by atoms with Gasteiger partial charge in [0.05, 0.1) is 0 Å². The first kappa shape index (κ1) is 12.2. The molecule has 2 aliphatic heterocycles. The van der Waals surface area contributed by atoms with E-state index in [1.54, 1.807) is 4.90 Å². The Morgan fingerprint density at radius 2 is 1.81 bits per heavy atom. The lowest BCUT2D eigenvalue weighted by atomic mass is 9.85. The third-order valence-corrected chi connectivity index (χ3v) is 4.13. The molecule has 1 N–H and O–H groups in total. The highest BCUT2D eigenvalue weighted by Crippen LogP contribution is 2.41. The first-order chi connectivity index (χ1) is 7.46. The topological polar surface area (TPSA) is 15.3 Å². The molecule has 94 valence electrons. The van der Waals surface area contributed by atoms with Crippen LogP contribution in [-0.4, -0.2) is 42.3 Å². The van der Waals surface area contributed by atoms with E-state index in [9.17, 15) is 13.2 Å². The van der Waals surface area contributed by atoms with Crippen molar-refractivity contribution in [3.63, 3.8) is 0 Å². The predicted molar refractivity (Wildman–Crippen MR) is 56.3 cm³/mol. The van der Waals surface area contributed by atoms with Gasteiger partial charge in [-0.25, -0.2) is 0 Å². The molecule has 0 radical (unpaired) electrons. The van der Waals surface area contributed by atoms with Crippen molar-refractivity contribution in [2.24, 2.45) is 0 Å². The summed E-state index contributed by atoms with van der Waals surface area (Å²) in [7, 11) is 0. The van der Waals surface area contributed by atoms with E-state index < -0.39 is 12.2 Å². The fourth-order valence-corrected chi connectivity index (χ4v) is 3.17. The second-order valence-corrected chi connectivity index (χ2v) is 4.99. The number of rotatable bonds is 1. The van der Waals surface area contributed by atoms with E-state index in [0.29, 0.717) is 6.54 Å². The smallest absolute Gasteiger partial charge is 0.317 e. The summed E-state index contributed by atoms with van der Waals surface area (Å²) in [5.41, 5.74) is -0.180. The fraction of sp³-hybridized carbons (Fsp3) is 1.00. The molecule has 1 atom stereocenters. The van der Waals surface area contributed by atoms with Gasteiger partial charge in [-0.15, -0.1) is 0 Å². The van der Waals surface area contributed by atoms with Gasteiger partial charge in [0.1, 0.15) is 6.04 Å². The lowest BCUT2D eigenvalue weighted by Crippen LogP contribution is -2.57. The Kier molecular flexibility index (Phi) is 3.18. The molecule has 0 saturated carbocycles. The summed E-state index contributed by atoms with van der Waals surface area (Å²) in [4.78, 5) is 1.70. The quantitative estimate of drug-likeness (QED) is 0.750. The van der Waals surface area contributed by atoms with Gasteiger partial charge < -0.3 is 5.32 Å². The van der Waals surface area contributed by atoms with Gasteiger partial charge in [-0.05, 0) is 52.2 Å². The zero-order valence-corrected chi connectivity index (χ0v) is 9.61. The van der Waals surface area contributed by atoms with E-state index in [-0.39, 0.29) is 5.54 Å². The second kappa shape index (κ2) is 4.18. The normalized spacial score (nSPS) is 28.5. The van der Waals surface area contributed by atoms with Crippen molar-refractivity contribution in [1.29, 1.82) is 0 Å². The monoisotopic (exact) mass is 236 g/mol. The highest BCUT2D eigenvalue weighted by molar-refractivity contribution is 5.01. The Hall–Kier alpha value is -0.290. The van der Waals surface area contributed by atoms with Crippen molar-refractivity contribution in [3.8, 4) is 0 Å². The number of halogens is 3. The number of nitrogens with one attached hydrogen (secondary N) is 1. The van der Waals surface area contributed by atoms with Crippen molar-refractivity contribution >= 4 is 0 Å². The molecule has 2 saturated heterocycles. The van der Waals surface area contributed by atoms with Crippen LogP contribution in [0.15, 0.2) is 0 Å². The van der Waals surface area contributed by atoms with Gasteiger partial charge in [-0.1, -0.05) is 0 Å². The first-order valence-corrected chi connectivity index (χ1v) is 6.00. The van der Waals surface area contributed by atoms with Gasteiger partial charge in [0, 0.05) is 5.54 Å². The van der Waals surface area contributed by atoms with Crippen LogP contribution in [0.5, 0.6) is 0 Å². The van der Waals surface area contributed by atoms with Crippen molar-refractivity contribution in [2.75, 3.05) is 19.6 Å². The van der Waals surface area contributed by atoms with Crippen LogP contribution >= 0.6 is 0 Å². The predicted octanol–water partition coefficient (Wildman–Crippen LogP) is 2.16. The lowest BCUT2D eigenvalue weighted by Gasteiger charge is -2.45. The summed E-state index contributed by atoms with van der Waals surface area (Å²) in [5.74, 6) is 0. The maximum atomic E-state index is 12.8. The van der Waals surface area contributed by atoms with Crippen LogP contribution in [0.1, 0.15) is 32.6 Å². The molecule has 2 fully saturated rings. The molecule has 0 amide bonds. The highest BCUT2D eigenvalue weighted by Gasteiger charge is 2.50. The van der Waals surface area contributed by atoms with Gasteiger partial charge in [0.15, 0.2) is 0 Å². The molecule has 0 aromatic heterocycles. The van der Waals surface area contributed by atoms with Crippen molar-refractivity contribution < 1.29 is 13.2 Å². The Labute approximate surface area is 94.2 Å². The molecular formula is C11H19F3N2. The molecule has 0 aromatic carbocycles. The SMILES string of the molecule is CC(N1CCCC12CCNCC2)C(F)(F)F. The minimum atomic E-state index is -4.10. The van der Waals surface area contributed by atoms with Gasteiger partial charge in [-0.2, -0.15) is 13.2 Å². The molecule has 1 unspecified atom stereocenters. The minimum Gasteiger partial charge on any atom is -0.317 e. The van der Waals surface area contributed by atoms with Gasteiger partial charge in [-0.3, -0.25) is 4.90 Å². The van der Waals surface area contributed by atoms with Gasteiger partial charge in [0.25, 0.3) is 0 Å². The van der Waals surface area contributed by atoms with E-state index in [2.05, 4.69) is 5.32 Å². The number of nitrogens with zero attached hydrogens (tertiary/aromatic N) is 1. The Bertz CT molecular complexity index is 246. The van der Waals surface area contributed by atoms with E-state index in [4.69, 9.17) is 0 Å².